The summed E-state index contributed by atoms with van der Waals surface area (Å²) in [4.78, 5) is 40.0. The van der Waals surface area contributed by atoms with Crippen LogP contribution in [0.25, 0.3) is 50.4 Å². The third kappa shape index (κ3) is 4.17. The van der Waals surface area contributed by atoms with Gasteiger partial charge in [-0.1, -0.05) is 12.1 Å². The minimum Gasteiger partial charge on any atom is -0.320 e. The fourth-order valence-electron chi connectivity index (χ4n) is 5.07. The summed E-state index contributed by atoms with van der Waals surface area (Å²) >= 11 is 10.2. The lowest BCUT2D eigenvalue weighted by Crippen LogP contribution is -2.23. The van der Waals surface area contributed by atoms with Crippen molar-refractivity contribution in [2.24, 2.45) is 0 Å². The van der Waals surface area contributed by atoms with Crippen LogP contribution in [0.4, 0.5) is 0 Å². The summed E-state index contributed by atoms with van der Waals surface area (Å²) < 4.78 is 0. The molecule has 200 valence electrons. The molecule has 0 aliphatic carbocycles. The van der Waals surface area contributed by atoms with Gasteiger partial charge in [0.05, 0.1) is 32.3 Å². The smallest absolute Gasteiger partial charge is 0.261 e. The van der Waals surface area contributed by atoms with Crippen LogP contribution in [0.2, 0.25) is 0 Å². The minimum atomic E-state index is -0.222. The minimum absolute atomic E-state index is 0.152. The first kappa shape index (κ1) is 25.3. The Morgan fingerprint density at radius 2 is 0.976 bits per heavy atom. The molecule has 2 aliphatic heterocycles. The monoisotopic (exact) mass is 642 g/mol. The maximum absolute atomic E-state index is 13.6. The van der Waals surface area contributed by atoms with E-state index in [1.165, 1.54) is 29.3 Å². The highest BCUT2D eigenvalue weighted by Crippen LogP contribution is 2.47. The molecule has 0 radical (unpaired) electrons. The summed E-state index contributed by atoms with van der Waals surface area (Å²) in [5.74, 6) is -0.375. The number of amides is 2. The van der Waals surface area contributed by atoms with Gasteiger partial charge in [-0.05, 0) is 71.4 Å². The Balaban J connectivity index is 1.14. The zero-order chi connectivity index (χ0) is 27.7. The van der Waals surface area contributed by atoms with Crippen molar-refractivity contribution < 1.29 is 9.59 Å². The quantitative estimate of drug-likeness (QED) is 0.197. The number of hydrogen-bond donors (Lipinski definition) is 1. The maximum Gasteiger partial charge on any atom is 0.261 e. The Morgan fingerprint density at radius 1 is 0.537 bits per heavy atom. The van der Waals surface area contributed by atoms with Gasteiger partial charge in [-0.2, -0.15) is 0 Å². The van der Waals surface area contributed by atoms with Gasteiger partial charge >= 0.3 is 0 Å². The molecule has 1 N–H and O–H groups in total. The van der Waals surface area contributed by atoms with Gasteiger partial charge in [-0.15, -0.1) is 68.0 Å². The molecule has 8 rings (SSSR count). The Kier molecular flexibility index (Phi) is 6.10. The highest BCUT2D eigenvalue weighted by molar-refractivity contribution is 7.27. The number of carbonyl (C=O) groups excluding carboxylic acids is 2. The lowest BCUT2D eigenvalue weighted by Gasteiger charge is -2.14. The molecule has 10 heteroatoms. The standard InChI is InChI=1S/C31H18N2O2S6/c1-33-29(25-13-11-23(41-25)21-9-7-19(39-21)17-5-3-15-37-17)27-26(31(33)35)28(32-30(27)34)24-12-10-22(40-24)20-8-6-18(38-20)16-4-2-14-36-16/h2-15H,1H3,(H,32,34). The van der Waals surface area contributed by atoms with Gasteiger partial charge in [-0.3, -0.25) is 9.59 Å². The third-order valence-electron chi connectivity index (χ3n) is 6.97. The summed E-state index contributed by atoms with van der Waals surface area (Å²) in [6.07, 6.45) is 0. The average molecular weight is 643 g/mol. The number of carbonyl (C=O) groups is 2. The van der Waals surface area contributed by atoms with Gasteiger partial charge in [0.2, 0.25) is 0 Å². The number of nitrogens with one attached hydrogen (secondary N) is 1. The molecule has 0 fully saturated rings. The van der Waals surface area contributed by atoms with Crippen molar-refractivity contribution in [2.45, 2.75) is 0 Å². The van der Waals surface area contributed by atoms with E-state index in [0.29, 0.717) is 22.5 Å². The number of rotatable bonds is 6. The van der Waals surface area contributed by atoms with Crippen LogP contribution in [0.5, 0.6) is 0 Å². The molecule has 0 aromatic carbocycles. The van der Waals surface area contributed by atoms with Crippen LogP contribution in [-0.4, -0.2) is 23.8 Å². The summed E-state index contributed by atoms with van der Waals surface area (Å²) in [6.45, 7) is 0. The van der Waals surface area contributed by atoms with Gasteiger partial charge in [0, 0.05) is 46.1 Å². The van der Waals surface area contributed by atoms with E-state index < -0.39 is 0 Å². The second kappa shape index (κ2) is 9.87. The van der Waals surface area contributed by atoms with Gasteiger partial charge < -0.3 is 10.2 Å². The molecule has 41 heavy (non-hydrogen) atoms. The maximum atomic E-state index is 13.6. The number of fused-ring (bicyclic) bond motifs is 1. The zero-order valence-corrected chi connectivity index (χ0v) is 26.2. The van der Waals surface area contributed by atoms with Crippen LogP contribution in [0, 0.1) is 0 Å². The van der Waals surface area contributed by atoms with Gasteiger partial charge in [-0.25, -0.2) is 0 Å². The van der Waals surface area contributed by atoms with Crippen molar-refractivity contribution >= 4 is 91.2 Å². The highest BCUT2D eigenvalue weighted by atomic mass is 32.1. The molecular formula is C31H18N2O2S6. The zero-order valence-electron chi connectivity index (χ0n) is 21.3. The number of thiophene rings is 6. The van der Waals surface area contributed by atoms with Crippen molar-refractivity contribution in [3.05, 3.63) is 104 Å². The van der Waals surface area contributed by atoms with Crippen LogP contribution in [0.3, 0.4) is 0 Å². The Labute approximate surface area is 259 Å². The third-order valence-corrected chi connectivity index (χ3v) is 13.9. The molecule has 0 atom stereocenters. The number of likely N-dealkylation sites (N-methyl/N-ethyl adjacent to an activating group) is 1. The molecule has 0 saturated heterocycles. The summed E-state index contributed by atoms with van der Waals surface area (Å²) in [6, 6.07) is 25.2. The van der Waals surface area contributed by atoms with E-state index in [1.54, 1.807) is 80.0 Å². The average Bonchev–Trinajstić information content (AvgIpc) is 3.81. The largest absolute Gasteiger partial charge is 0.320 e. The Hall–Kier alpha value is -3.38. The van der Waals surface area contributed by atoms with Gasteiger partial charge in [0.25, 0.3) is 11.8 Å². The van der Waals surface area contributed by atoms with Crippen LogP contribution < -0.4 is 5.32 Å². The predicted octanol–water partition coefficient (Wildman–Crippen LogP) is 9.45. The summed E-state index contributed by atoms with van der Waals surface area (Å²) in [5, 5.41) is 7.21. The van der Waals surface area contributed by atoms with Gasteiger partial charge in [0.15, 0.2) is 0 Å². The first-order valence-electron chi connectivity index (χ1n) is 12.6. The van der Waals surface area contributed by atoms with E-state index in [4.69, 9.17) is 0 Å². The topological polar surface area (TPSA) is 49.4 Å². The molecule has 2 aliphatic rings. The van der Waals surface area contributed by atoms with Crippen LogP contribution >= 0.6 is 68.0 Å². The second-order valence-corrected chi connectivity index (χ2v) is 15.6. The van der Waals surface area contributed by atoms with E-state index in [-0.39, 0.29) is 11.8 Å². The first-order chi connectivity index (χ1) is 20.0. The van der Waals surface area contributed by atoms with Crippen molar-refractivity contribution in [2.75, 3.05) is 7.05 Å². The van der Waals surface area contributed by atoms with Crippen molar-refractivity contribution in [1.29, 1.82) is 0 Å². The fourth-order valence-corrected chi connectivity index (χ4v) is 11.0. The summed E-state index contributed by atoms with van der Waals surface area (Å²) in [5.41, 5.74) is 2.23. The van der Waals surface area contributed by atoms with Crippen LogP contribution in [0.1, 0.15) is 9.75 Å². The van der Waals surface area contributed by atoms with Crippen LogP contribution in [0.15, 0.2) is 94.7 Å². The molecule has 6 aromatic rings. The van der Waals surface area contributed by atoms with E-state index in [2.05, 4.69) is 76.7 Å². The van der Waals surface area contributed by atoms with E-state index in [1.807, 2.05) is 12.1 Å². The molecular weight excluding hydrogens is 625 g/mol. The van der Waals surface area contributed by atoms with Crippen LogP contribution in [-0.2, 0) is 9.59 Å². The normalized spacial score (nSPS) is 15.0. The van der Waals surface area contributed by atoms with Crippen molar-refractivity contribution in [3.8, 4) is 39.0 Å². The molecule has 0 spiro atoms. The van der Waals surface area contributed by atoms with Gasteiger partial charge in [0.1, 0.15) is 0 Å². The molecule has 0 bridgehead atoms. The first-order valence-corrected chi connectivity index (χ1v) is 17.6. The summed E-state index contributed by atoms with van der Waals surface area (Å²) in [7, 11) is 1.76. The predicted molar refractivity (Wildman–Crippen MR) is 177 cm³/mol. The number of hydrogen-bond acceptors (Lipinski definition) is 8. The molecule has 0 saturated carbocycles. The van der Waals surface area contributed by atoms with Crippen molar-refractivity contribution in [1.82, 2.24) is 10.2 Å². The second-order valence-electron chi connectivity index (χ2n) is 9.40. The Morgan fingerprint density at radius 3 is 1.49 bits per heavy atom. The SMILES string of the molecule is CN1C(=O)C2=C(c3ccc(-c4ccc(-c5cccs5)s4)s3)NC(=O)C2=C1c1ccc(-c2ccc(-c3cccs3)s2)s1. The molecule has 4 nitrogen and oxygen atoms in total. The lowest BCUT2D eigenvalue weighted by molar-refractivity contribution is -0.122. The lowest BCUT2D eigenvalue weighted by atomic mass is 10.1. The molecule has 6 aromatic heterocycles. The van der Waals surface area contributed by atoms with E-state index in [9.17, 15) is 9.59 Å². The highest BCUT2D eigenvalue weighted by Gasteiger charge is 2.44. The Bertz CT molecular complexity index is 2030. The molecule has 0 unspecified atom stereocenters. The van der Waals surface area contributed by atoms with E-state index in [0.717, 1.165) is 19.5 Å². The molecule has 2 amide bonds. The van der Waals surface area contributed by atoms with Crippen molar-refractivity contribution in [3.63, 3.8) is 0 Å². The fraction of sp³-hybridized carbons (Fsp3) is 0.0323. The number of nitrogens with zero attached hydrogens (tertiary/aromatic N) is 1. The molecule has 8 heterocycles. The van der Waals surface area contributed by atoms with E-state index >= 15 is 0 Å².